The normalized spacial score (nSPS) is 12.8. The van der Waals surface area contributed by atoms with Crippen molar-refractivity contribution in [3.05, 3.63) is 5.51 Å². The van der Waals surface area contributed by atoms with Gasteiger partial charge in [-0.1, -0.05) is 30.0 Å². The number of aromatic nitrogens is 2. The number of carbonyl (C=O) groups is 1. The van der Waals surface area contributed by atoms with Crippen LogP contribution < -0.4 is 0 Å². The third kappa shape index (κ3) is 3.19. The molecule has 1 N–H and O–H groups in total. The van der Waals surface area contributed by atoms with Crippen molar-refractivity contribution < 1.29 is 9.90 Å². The molecule has 4 nitrogen and oxygen atoms in total. The molecule has 12 heavy (non-hydrogen) atoms. The lowest BCUT2D eigenvalue weighted by molar-refractivity contribution is -0.136. The topological polar surface area (TPSA) is 63.1 Å². The fourth-order valence-corrected chi connectivity index (χ4v) is 2.46. The number of carboxylic acids is 1. The van der Waals surface area contributed by atoms with Gasteiger partial charge in [0.05, 0.1) is 6.42 Å². The van der Waals surface area contributed by atoms with Crippen LogP contribution in [0.4, 0.5) is 0 Å². The molecule has 0 amide bonds. The molecular formula is C6H8N2O2S2. The number of nitrogens with zero attached hydrogens (tertiary/aromatic N) is 2. The largest absolute Gasteiger partial charge is 0.481 e. The summed E-state index contributed by atoms with van der Waals surface area (Å²) in [6.45, 7) is 1.86. The zero-order valence-corrected chi connectivity index (χ0v) is 8.06. The fourth-order valence-electron chi connectivity index (χ4n) is 0.674. The third-order valence-electron chi connectivity index (χ3n) is 1.10. The first-order valence-corrected chi connectivity index (χ1v) is 5.09. The lowest BCUT2D eigenvalue weighted by atomic mass is 10.3. The quantitative estimate of drug-likeness (QED) is 0.753. The van der Waals surface area contributed by atoms with Gasteiger partial charge in [0.2, 0.25) is 0 Å². The van der Waals surface area contributed by atoms with Crippen LogP contribution in [0.15, 0.2) is 9.85 Å². The number of hydrogen-bond donors (Lipinski definition) is 1. The van der Waals surface area contributed by atoms with Crippen molar-refractivity contribution in [3.63, 3.8) is 0 Å². The molecule has 0 fully saturated rings. The van der Waals surface area contributed by atoms with Crippen LogP contribution in [-0.4, -0.2) is 26.5 Å². The molecule has 0 aliphatic carbocycles. The van der Waals surface area contributed by atoms with Crippen molar-refractivity contribution in [3.8, 4) is 0 Å². The van der Waals surface area contributed by atoms with Gasteiger partial charge in [0.25, 0.3) is 0 Å². The van der Waals surface area contributed by atoms with Crippen molar-refractivity contribution >= 4 is 29.1 Å². The van der Waals surface area contributed by atoms with E-state index in [1.807, 2.05) is 6.92 Å². The molecule has 1 unspecified atom stereocenters. The molecule has 1 rings (SSSR count). The minimum Gasteiger partial charge on any atom is -0.481 e. The van der Waals surface area contributed by atoms with Crippen molar-refractivity contribution in [1.82, 2.24) is 10.2 Å². The van der Waals surface area contributed by atoms with E-state index >= 15 is 0 Å². The predicted octanol–water partition coefficient (Wildman–Crippen LogP) is 1.49. The molecule has 6 heteroatoms. The minimum atomic E-state index is -0.778. The molecule has 1 atom stereocenters. The van der Waals surface area contributed by atoms with Crippen LogP contribution in [0.3, 0.4) is 0 Å². The van der Waals surface area contributed by atoms with E-state index in [4.69, 9.17) is 5.11 Å². The average molecular weight is 204 g/mol. The standard InChI is InChI=1S/C6H8N2O2S2/c1-4(2-5(9)10)12-6-8-7-3-11-6/h3-4H,2H2,1H3,(H,9,10). The first kappa shape index (κ1) is 9.47. The van der Waals surface area contributed by atoms with Crippen LogP contribution in [0.1, 0.15) is 13.3 Å². The summed E-state index contributed by atoms with van der Waals surface area (Å²) in [6.07, 6.45) is 0.157. The van der Waals surface area contributed by atoms with Gasteiger partial charge in [-0.3, -0.25) is 4.79 Å². The minimum absolute atomic E-state index is 0.0513. The number of aliphatic carboxylic acids is 1. The highest BCUT2D eigenvalue weighted by Crippen LogP contribution is 2.25. The van der Waals surface area contributed by atoms with Gasteiger partial charge in [-0.25, -0.2) is 0 Å². The Morgan fingerprint density at radius 1 is 1.92 bits per heavy atom. The summed E-state index contributed by atoms with van der Waals surface area (Å²) in [5, 5.41) is 16.0. The molecule has 0 radical (unpaired) electrons. The molecule has 0 spiro atoms. The van der Waals surface area contributed by atoms with Crippen LogP contribution in [0.5, 0.6) is 0 Å². The van der Waals surface area contributed by atoms with Gasteiger partial charge in [-0.2, -0.15) is 0 Å². The zero-order valence-electron chi connectivity index (χ0n) is 6.43. The lowest BCUT2D eigenvalue weighted by Gasteiger charge is -2.03. The molecular weight excluding hydrogens is 196 g/mol. The van der Waals surface area contributed by atoms with Gasteiger partial charge in [0, 0.05) is 5.25 Å². The van der Waals surface area contributed by atoms with Crippen LogP contribution in [0.25, 0.3) is 0 Å². The SMILES string of the molecule is CC(CC(=O)O)Sc1nncs1. The smallest absolute Gasteiger partial charge is 0.304 e. The van der Waals surface area contributed by atoms with Crippen LogP contribution >= 0.6 is 23.1 Å². The van der Waals surface area contributed by atoms with Crippen LogP contribution in [0, 0.1) is 0 Å². The molecule has 0 aromatic carbocycles. The van der Waals surface area contributed by atoms with E-state index in [9.17, 15) is 4.79 Å². The molecule has 0 aliphatic heterocycles. The maximum atomic E-state index is 10.3. The van der Waals surface area contributed by atoms with Gasteiger partial charge >= 0.3 is 5.97 Å². The van der Waals surface area contributed by atoms with Gasteiger partial charge in [-0.05, 0) is 0 Å². The van der Waals surface area contributed by atoms with Gasteiger partial charge in [-0.15, -0.1) is 10.2 Å². The Hall–Kier alpha value is -0.620. The number of hydrogen-bond acceptors (Lipinski definition) is 5. The van der Waals surface area contributed by atoms with Crippen molar-refractivity contribution in [2.75, 3.05) is 0 Å². The van der Waals surface area contributed by atoms with E-state index in [1.54, 1.807) is 5.51 Å². The summed E-state index contributed by atoms with van der Waals surface area (Å²) in [4.78, 5) is 10.3. The molecule has 1 aromatic rings. The van der Waals surface area contributed by atoms with Gasteiger partial charge in [0.15, 0.2) is 4.34 Å². The molecule has 0 aliphatic rings. The van der Waals surface area contributed by atoms with Gasteiger partial charge < -0.3 is 5.11 Å². The van der Waals surface area contributed by atoms with Crippen molar-refractivity contribution in [2.24, 2.45) is 0 Å². The average Bonchev–Trinajstić information content (AvgIpc) is 2.37. The van der Waals surface area contributed by atoms with Crippen LogP contribution in [-0.2, 0) is 4.79 Å². The van der Waals surface area contributed by atoms with E-state index in [1.165, 1.54) is 23.1 Å². The molecule has 1 aromatic heterocycles. The Morgan fingerprint density at radius 3 is 3.17 bits per heavy atom. The molecule has 1 heterocycles. The highest BCUT2D eigenvalue weighted by Gasteiger charge is 2.10. The van der Waals surface area contributed by atoms with E-state index in [0.717, 1.165) is 4.34 Å². The molecule has 0 saturated heterocycles. The second-order valence-corrected chi connectivity index (χ2v) is 4.75. The summed E-state index contributed by atoms with van der Waals surface area (Å²) in [5.74, 6) is -0.778. The Kier molecular flexibility index (Phi) is 3.48. The van der Waals surface area contributed by atoms with E-state index < -0.39 is 5.97 Å². The number of thioether (sulfide) groups is 1. The molecule has 66 valence electrons. The van der Waals surface area contributed by atoms with E-state index in [-0.39, 0.29) is 11.7 Å². The summed E-state index contributed by atoms with van der Waals surface area (Å²) >= 11 is 2.87. The Morgan fingerprint density at radius 2 is 2.67 bits per heavy atom. The first-order valence-electron chi connectivity index (χ1n) is 3.33. The number of rotatable bonds is 4. The van der Waals surface area contributed by atoms with E-state index in [2.05, 4.69) is 10.2 Å². The molecule has 0 bridgehead atoms. The highest BCUT2D eigenvalue weighted by molar-refractivity contribution is 8.01. The van der Waals surface area contributed by atoms with Gasteiger partial charge in [0.1, 0.15) is 5.51 Å². The Balaban J connectivity index is 2.36. The summed E-state index contributed by atoms with van der Waals surface area (Å²) in [5.41, 5.74) is 1.63. The lowest BCUT2D eigenvalue weighted by Crippen LogP contribution is -2.05. The maximum absolute atomic E-state index is 10.3. The summed E-state index contributed by atoms with van der Waals surface area (Å²) in [6, 6.07) is 0. The van der Waals surface area contributed by atoms with E-state index in [0.29, 0.717) is 0 Å². The summed E-state index contributed by atoms with van der Waals surface area (Å²) in [7, 11) is 0. The Bertz CT molecular complexity index is 250. The van der Waals surface area contributed by atoms with Crippen molar-refractivity contribution in [2.45, 2.75) is 22.9 Å². The second-order valence-electron chi connectivity index (χ2n) is 2.23. The van der Waals surface area contributed by atoms with Crippen LogP contribution in [0.2, 0.25) is 0 Å². The maximum Gasteiger partial charge on any atom is 0.304 e. The third-order valence-corrected chi connectivity index (χ3v) is 3.02. The van der Waals surface area contributed by atoms with Crippen molar-refractivity contribution in [1.29, 1.82) is 0 Å². The zero-order chi connectivity index (χ0) is 8.97. The Labute approximate surface area is 78.0 Å². The second kappa shape index (κ2) is 4.42. The highest BCUT2D eigenvalue weighted by atomic mass is 32.2. The fraction of sp³-hybridized carbons (Fsp3) is 0.500. The summed E-state index contributed by atoms with van der Waals surface area (Å²) < 4.78 is 0.823. The predicted molar refractivity (Wildman–Crippen MR) is 47.5 cm³/mol. The monoisotopic (exact) mass is 204 g/mol. The number of carboxylic acid groups (broad SMARTS) is 1. The first-order chi connectivity index (χ1) is 5.68. The molecule has 0 saturated carbocycles.